The summed E-state index contributed by atoms with van der Waals surface area (Å²) in [6.45, 7) is 4.41. The molecule has 2 nitrogen and oxygen atoms in total. The molecule has 0 aromatic heterocycles. The maximum atomic E-state index is 9.41. The van der Waals surface area contributed by atoms with Crippen LogP contribution < -0.4 is 0 Å². The van der Waals surface area contributed by atoms with Gasteiger partial charge in [-0.2, -0.15) is 0 Å². The Morgan fingerprint density at radius 2 is 1.83 bits per heavy atom. The molecule has 0 aliphatic heterocycles. The third-order valence-corrected chi connectivity index (χ3v) is 2.69. The second-order valence-electron chi connectivity index (χ2n) is 4.44. The Hall–Kier alpha value is -0.0800. The Bertz CT molecular complexity index is 134. The minimum absolute atomic E-state index is 0.464. The zero-order valence-electron chi connectivity index (χ0n) is 8.03. The van der Waals surface area contributed by atoms with Crippen molar-refractivity contribution in [3.63, 3.8) is 0 Å². The van der Waals surface area contributed by atoms with Crippen molar-refractivity contribution in [1.29, 1.82) is 0 Å². The molecule has 2 heteroatoms. The number of aliphatic hydroxyl groups is 2. The van der Waals surface area contributed by atoms with Gasteiger partial charge in [0.2, 0.25) is 0 Å². The van der Waals surface area contributed by atoms with Gasteiger partial charge < -0.3 is 10.2 Å². The van der Waals surface area contributed by atoms with E-state index in [1.807, 2.05) is 0 Å². The number of hydrogen-bond acceptors (Lipinski definition) is 2. The zero-order valence-corrected chi connectivity index (χ0v) is 8.03. The predicted molar refractivity (Wildman–Crippen MR) is 48.8 cm³/mol. The van der Waals surface area contributed by atoms with E-state index in [-0.39, 0.29) is 0 Å². The highest BCUT2D eigenvalue weighted by Gasteiger charge is 2.27. The fourth-order valence-corrected chi connectivity index (χ4v) is 2.10. The van der Waals surface area contributed by atoms with Crippen LogP contribution >= 0.6 is 0 Å². The molecule has 1 rings (SSSR count). The van der Waals surface area contributed by atoms with Crippen LogP contribution in [0.15, 0.2) is 0 Å². The van der Waals surface area contributed by atoms with Crippen LogP contribution in [0.25, 0.3) is 0 Å². The van der Waals surface area contributed by atoms with Crippen LogP contribution in [0.3, 0.4) is 0 Å². The van der Waals surface area contributed by atoms with E-state index < -0.39 is 12.2 Å². The largest absolute Gasteiger partial charge is 0.390 e. The van der Waals surface area contributed by atoms with E-state index in [1.165, 1.54) is 6.42 Å². The minimum Gasteiger partial charge on any atom is -0.390 e. The quantitative estimate of drug-likeness (QED) is 0.663. The van der Waals surface area contributed by atoms with E-state index in [0.29, 0.717) is 11.8 Å². The van der Waals surface area contributed by atoms with Crippen molar-refractivity contribution < 1.29 is 10.2 Å². The summed E-state index contributed by atoms with van der Waals surface area (Å²) in [7, 11) is 0. The Morgan fingerprint density at radius 3 is 2.33 bits per heavy atom. The van der Waals surface area contributed by atoms with E-state index in [0.717, 1.165) is 19.3 Å². The minimum atomic E-state index is -0.470. The van der Waals surface area contributed by atoms with Crippen molar-refractivity contribution >= 4 is 0 Å². The molecule has 72 valence electrons. The summed E-state index contributed by atoms with van der Waals surface area (Å²) in [5, 5.41) is 18.7. The molecular formula is C10H20O2. The van der Waals surface area contributed by atoms with E-state index in [1.54, 1.807) is 0 Å². The molecule has 0 amide bonds. The summed E-state index contributed by atoms with van der Waals surface area (Å²) in [5.41, 5.74) is 0. The van der Waals surface area contributed by atoms with Crippen LogP contribution in [0.1, 0.15) is 39.5 Å². The standard InChI is InChI=1S/C10H20O2/c1-7(2)5-8-3-4-9(11)10(12)6-8/h7-12H,3-6H2,1-2H3. The Kier molecular flexibility index (Phi) is 3.53. The van der Waals surface area contributed by atoms with Gasteiger partial charge in [0, 0.05) is 0 Å². The maximum absolute atomic E-state index is 9.41. The van der Waals surface area contributed by atoms with Crippen molar-refractivity contribution in [2.75, 3.05) is 0 Å². The fraction of sp³-hybridized carbons (Fsp3) is 1.00. The van der Waals surface area contributed by atoms with Gasteiger partial charge in [-0.05, 0) is 37.5 Å². The van der Waals surface area contributed by atoms with Gasteiger partial charge in [0.1, 0.15) is 0 Å². The molecular weight excluding hydrogens is 152 g/mol. The summed E-state index contributed by atoms with van der Waals surface area (Å²) in [4.78, 5) is 0. The normalized spacial score (nSPS) is 37.2. The van der Waals surface area contributed by atoms with Crippen LogP contribution in [0, 0.1) is 11.8 Å². The molecule has 0 aromatic carbocycles. The SMILES string of the molecule is CC(C)CC1CCC(O)C(O)C1. The third-order valence-electron chi connectivity index (χ3n) is 2.69. The highest BCUT2D eigenvalue weighted by Crippen LogP contribution is 2.29. The van der Waals surface area contributed by atoms with Gasteiger partial charge in [0.25, 0.3) is 0 Å². The van der Waals surface area contributed by atoms with Gasteiger partial charge in [0.15, 0.2) is 0 Å². The molecule has 3 atom stereocenters. The first kappa shape index (κ1) is 10.0. The molecule has 0 saturated heterocycles. The molecule has 0 bridgehead atoms. The number of aliphatic hydroxyl groups excluding tert-OH is 2. The molecule has 0 heterocycles. The second kappa shape index (κ2) is 4.24. The molecule has 0 radical (unpaired) electrons. The molecule has 0 aromatic rings. The van der Waals surface area contributed by atoms with Gasteiger partial charge in [-0.1, -0.05) is 13.8 Å². The summed E-state index contributed by atoms with van der Waals surface area (Å²) in [6.07, 6.45) is 2.90. The lowest BCUT2D eigenvalue weighted by Crippen LogP contribution is -2.33. The monoisotopic (exact) mass is 172 g/mol. The van der Waals surface area contributed by atoms with E-state index in [2.05, 4.69) is 13.8 Å². The highest BCUT2D eigenvalue weighted by atomic mass is 16.3. The van der Waals surface area contributed by atoms with Gasteiger partial charge in [-0.3, -0.25) is 0 Å². The molecule has 1 fully saturated rings. The zero-order chi connectivity index (χ0) is 9.14. The summed E-state index contributed by atoms with van der Waals surface area (Å²) in [6, 6.07) is 0. The predicted octanol–water partition coefficient (Wildman–Crippen LogP) is 1.55. The lowest BCUT2D eigenvalue weighted by Gasteiger charge is -2.30. The average Bonchev–Trinajstić information content (AvgIpc) is 1.96. The molecule has 1 saturated carbocycles. The highest BCUT2D eigenvalue weighted by molar-refractivity contribution is 4.79. The molecule has 3 unspecified atom stereocenters. The summed E-state index contributed by atoms with van der Waals surface area (Å²) in [5.74, 6) is 1.33. The molecule has 1 aliphatic carbocycles. The van der Waals surface area contributed by atoms with Crippen LogP contribution in [-0.4, -0.2) is 22.4 Å². The van der Waals surface area contributed by atoms with Gasteiger partial charge in [0.05, 0.1) is 12.2 Å². The molecule has 1 aliphatic rings. The maximum Gasteiger partial charge on any atom is 0.0801 e. The average molecular weight is 172 g/mol. The van der Waals surface area contributed by atoms with Crippen molar-refractivity contribution in [2.45, 2.75) is 51.7 Å². The van der Waals surface area contributed by atoms with Gasteiger partial charge in [-0.25, -0.2) is 0 Å². The van der Waals surface area contributed by atoms with Crippen molar-refractivity contribution in [2.24, 2.45) is 11.8 Å². The second-order valence-corrected chi connectivity index (χ2v) is 4.44. The number of rotatable bonds is 2. The first-order chi connectivity index (χ1) is 5.59. The Balaban J connectivity index is 2.30. The Labute approximate surface area is 74.6 Å². The fourth-order valence-electron chi connectivity index (χ4n) is 2.10. The van der Waals surface area contributed by atoms with Crippen molar-refractivity contribution in [3.05, 3.63) is 0 Å². The lowest BCUT2D eigenvalue weighted by molar-refractivity contribution is -0.0280. The third kappa shape index (κ3) is 2.76. The lowest BCUT2D eigenvalue weighted by atomic mass is 9.81. The Morgan fingerprint density at radius 1 is 1.17 bits per heavy atom. The van der Waals surface area contributed by atoms with Crippen LogP contribution in [0.4, 0.5) is 0 Å². The summed E-state index contributed by atoms with van der Waals surface area (Å²) < 4.78 is 0. The van der Waals surface area contributed by atoms with E-state index in [4.69, 9.17) is 0 Å². The first-order valence-corrected chi connectivity index (χ1v) is 4.95. The molecule has 2 N–H and O–H groups in total. The first-order valence-electron chi connectivity index (χ1n) is 4.95. The topological polar surface area (TPSA) is 40.5 Å². The van der Waals surface area contributed by atoms with Gasteiger partial charge >= 0.3 is 0 Å². The molecule has 0 spiro atoms. The smallest absolute Gasteiger partial charge is 0.0801 e. The molecule has 12 heavy (non-hydrogen) atoms. The van der Waals surface area contributed by atoms with E-state index >= 15 is 0 Å². The van der Waals surface area contributed by atoms with Crippen molar-refractivity contribution in [1.82, 2.24) is 0 Å². The van der Waals surface area contributed by atoms with Crippen LogP contribution in [0.2, 0.25) is 0 Å². The van der Waals surface area contributed by atoms with Crippen molar-refractivity contribution in [3.8, 4) is 0 Å². The van der Waals surface area contributed by atoms with Gasteiger partial charge in [-0.15, -0.1) is 0 Å². The van der Waals surface area contributed by atoms with Crippen LogP contribution in [0.5, 0.6) is 0 Å². The van der Waals surface area contributed by atoms with Crippen LogP contribution in [-0.2, 0) is 0 Å². The number of hydrogen-bond donors (Lipinski definition) is 2. The van der Waals surface area contributed by atoms with E-state index in [9.17, 15) is 10.2 Å². The summed E-state index contributed by atoms with van der Waals surface area (Å²) >= 11 is 0.